The molecule has 0 saturated carbocycles. The van der Waals surface area contributed by atoms with E-state index >= 15 is 0 Å². The Morgan fingerprint density at radius 3 is 2.48 bits per heavy atom. The molecule has 0 bridgehead atoms. The fourth-order valence-corrected chi connectivity index (χ4v) is 3.53. The standard InChI is InChI=1S/C17H23ClN4O2S/c1-17(2,3)24-16(23)19-10-4-6-22(7-5-10)14-9-13-12(8-11(14)18)20-15(25)21-13/h8-10H,4-7H2,1-3H3,(H,19,23)(H2,20,21,25). The van der Waals surface area contributed by atoms with Crippen LogP contribution in [-0.4, -0.2) is 40.8 Å². The molecule has 1 aliphatic rings. The number of halogens is 1. The zero-order valence-electron chi connectivity index (χ0n) is 14.6. The number of hydrogen-bond acceptors (Lipinski definition) is 4. The largest absolute Gasteiger partial charge is 0.444 e. The van der Waals surface area contributed by atoms with Gasteiger partial charge in [0.2, 0.25) is 0 Å². The Bertz CT molecular complexity index is 831. The Hall–Kier alpha value is -1.73. The normalized spacial score (nSPS) is 16.2. The third-order valence-corrected chi connectivity index (χ3v) is 4.65. The molecule has 25 heavy (non-hydrogen) atoms. The van der Waals surface area contributed by atoms with Crippen molar-refractivity contribution in [3.8, 4) is 0 Å². The minimum Gasteiger partial charge on any atom is -0.444 e. The van der Waals surface area contributed by atoms with Crippen LogP contribution in [0, 0.1) is 4.77 Å². The molecule has 1 aromatic carbocycles. The Balaban J connectivity index is 1.63. The number of carbonyl (C=O) groups excluding carboxylic acids is 1. The van der Waals surface area contributed by atoms with Crippen molar-refractivity contribution in [1.82, 2.24) is 15.3 Å². The van der Waals surface area contributed by atoms with E-state index < -0.39 is 5.60 Å². The lowest BCUT2D eigenvalue weighted by atomic mass is 10.0. The molecule has 136 valence electrons. The van der Waals surface area contributed by atoms with Crippen molar-refractivity contribution in [1.29, 1.82) is 0 Å². The summed E-state index contributed by atoms with van der Waals surface area (Å²) in [7, 11) is 0. The number of alkyl carbamates (subject to hydrolysis) is 1. The lowest BCUT2D eigenvalue weighted by molar-refractivity contribution is 0.0497. The van der Waals surface area contributed by atoms with E-state index in [1.165, 1.54) is 0 Å². The van der Waals surface area contributed by atoms with Gasteiger partial charge in [-0.2, -0.15) is 0 Å². The number of hydrogen-bond donors (Lipinski definition) is 3. The van der Waals surface area contributed by atoms with Gasteiger partial charge in [-0.25, -0.2) is 4.79 Å². The first-order valence-corrected chi connectivity index (χ1v) is 9.16. The number of benzene rings is 1. The molecule has 2 heterocycles. The molecule has 0 atom stereocenters. The summed E-state index contributed by atoms with van der Waals surface area (Å²) in [6.07, 6.45) is 1.33. The second kappa shape index (κ2) is 6.88. The fraction of sp³-hybridized carbons (Fsp3) is 0.529. The van der Waals surface area contributed by atoms with E-state index in [0.717, 1.165) is 42.7 Å². The lowest BCUT2D eigenvalue weighted by Crippen LogP contribution is -2.46. The van der Waals surface area contributed by atoms with Gasteiger partial charge in [0.05, 0.1) is 21.7 Å². The van der Waals surface area contributed by atoms with Crippen LogP contribution in [0.4, 0.5) is 10.5 Å². The van der Waals surface area contributed by atoms with Gasteiger partial charge in [0.1, 0.15) is 5.60 Å². The summed E-state index contributed by atoms with van der Waals surface area (Å²) in [6.45, 7) is 7.21. The fourth-order valence-electron chi connectivity index (χ4n) is 3.03. The van der Waals surface area contributed by atoms with E-state index in [1.54, 1.807) is 0 Å². The van der Waals surface area contributed by atoms with Gasteiger partial charge in [-0.1, -0.05) is 11.6 Å². The minimum absolute atomic E-state index is 0.117. The van der Waals surface area contributed by atoms with Crippen LogP contribution < -0.4 is 10.2 Å². The summed E-state index contributed by atoms with van der Waals surface area (Å²) in [5, 5.41) is 3.64. The Labute approximate surface area is 156 Å². The number of piperidine rings is 1. The molecule has 3 N–H and O–H groups in total. The summed E-state index contributed by atoms with van der Waals surface area (Å²) < 4.78 is 5.91. The van der Waals surface area contributed by atoms with E-state index in [-0.39, 0.29) is 12.1 Å². The van der Waals surface area contributed by atoms with Crippen LogP contribution in [0.5, 0.6) is 0 Å². The number of amides is 1. The maximum atomic E-state index is 11.9. The first kappa shape index (κ1) is 18.1. The van der Waals surface area contributed by atoms with Crippen molar-refractivity contribution in [3.63, 3.8) is 0 Å². The van der Waals surface area contributed by atoms with E-state index in [2.05, 4.69) is 20.2 Å². The number of aromatic amines is 2. The molecule has 8 heteroatoms. The molecule has 1 aromatic heterocycles. The Morgan fingerprint density at radius 2 is 1.88 bits per heavy atom. The van der Waals surface area contributed by atoms with Crippen LogP contribution in [0.1, 0.15) is 33.6 Å². The zero-order chi connectivity index (χ0) is 18.2. The number of nitrogens with one attached hydrogen (secondary N) is 3. The number of anilines is 1. The van der Waals surface area contributed by atoms with Gasteiger partial charge < -0.3 is 24.9 Å². The maximum Gasteiger partial charge on any atom is 0.407 e. The van der Waals surface area contributed by atoms with Gasteiger partial charge in [0.25, 0.3) is 0 Å². The van der Waals surface area contributed by atoms with Crippen LogP contribution in [0.15, 0.2) is 12.1 Å². The minimum atomic E-state index is -0.482. The average Bonchev–Trinajstić information content (AvgIpc) is 2.84. The van der Waals surface area contributed by atoms with Crippen molar-refractivity contribution in [2.45, 2.75) is 45.3 Å². The monoisotopic (exact) mass is 382 g/mol. The summed E-state index contributed by atoms with van der Waals surface area (Å²) in [4.78, 5) is 20.3. The summed E-state index contributed by atoms with van der Waals surface area (Å²) in [6, 6.07) is 4.03. The average molecular weight is 383 g/mol. The topological polar surface area (TPSA) is 73.2 Å². The second-order valence-electron chi connectivity index (χ2n) is 7.34. The van der Waals surface area contributed by atoms with Crippen molar-refractivity contribution in [2.75, 3.05) is 18.0 Å². The van der Waals surface area contributed by atoms with Gasteiger partial charge in [-0.05, 0) is 58.0 Å². The van der Waals surface area contributed by atoms with Crippen molar-refractivity contribution in [2.24, 2.45) is 0 Å². The van der Waals surface area contributed by atoms with Crippen molar-refractivity contribution < 1.29 is 9.53 Å². The Morgan fingerprint density at radius 1 is 1.28 bits per heavy atom. The number of carbonyl (C=O) groups is 1. The van der Waals surface area contributed by atoms with E-state index in [4.69, 9.17) is 28.6 Å². The third-order valence-electron chi connectivity index (χ3n) is 4.14. The van der Waals surface area contributed by atoms with E-state index in [0.29, 0.717) is 9.79 Å². The van der Waals surface area contributed by atoms with Crippen molar-refractivity contribution in [3.05, 3.63) is 21.9 Å². The molecule has 0 unspecified atom stereocenters. The van der Waals surface area contributed by atoms with Crippen LogP contribution in [-0.2, 0) is 4.74 Å². The number of rotatable bonds is 2. The second-order valence-corrected chi connectivity index (χ2v) is 8.15. The first-order chi connectivity index (χ1) is 11.7. The number of nitrogens with zero attached hydrogens (tertiary/aromatic N) is 1. The number of aromatic nitrogens is 2. The predicted molar refractivity (Wildman–Crippen MR) is 103 cm³/mol. The molecular weight excluding hydrogens is 360 g/mol. The number of fused-ring (bicyclic) bond motifs is 1. The highest BCUT2D eigenvalue weighted by molar-refractivity contribution is 7.71. The summed E-state index contributed by atoms with van der Waals surface area (Å²) >= 11 is 11.6. The van der Waals surface area contributed by atoms with Crippen LogP contribution >= 0.6 is 23.8 Å². The first-order valence-electron chi connectivity index (χ1n) is 8.37. The zero-order valence-corrected chi connectivity index (χ0v) is 16.2. The molecule has 1 fully saturated rings. The predicted octanol–water partition coefficient (Wildman–Crippen LogP) is 4.37. The molecule has 0 spiro atoms. The highest BCUT2D eigenvalue weighted by Gasteiger charge is 2.24. The molecular formula is C17H23ClN4O2S. The third kappa shape index (κ3) is 4.46. The smallest absolute Gasteiger partial charge is 0.407 e. The maximum absolute atomic E-state index is 11.9. The molecule has 0 radical (unpaired) electrons. The van der Waals surface area contributed by atoms with E-state index in [1.807, 2.05) is 32.9 Å². The molecule has 3 rings (SSSR count). The van der Waals surface area contributed by atoms with E-state index in [9.17, 15) is 4.79 Å². The molecule has 1 saturated heterocycles. The molecule has 6 nitrogen and oxygen atoms in total. The van der Waals surface area contributed by atoms with Crippen LogP contribution in [0.2, 0.25) is 5.02 Å². The van der Waals surface area contributed by atoms with Crippen molar-refractivity contribution >= 4 is 46.6 Å². The highest BCUT2D eigenvalue weighted by atomic mass is 35.5. The van der Waals surface area contributed by atoms with Crippen LogP contribution in [0.25, 0.3) is 11.0 Å². The highest BCUT2D eigenvalue weighted by Crippen LogP contribution is 2.31. The molecule has 1 amide bonds. The molecule has 0 aliphatic carbocycles. The Kier molecular flexibility index (Phi) is 4.97. The van der Waals surface area contributed by atoms with Gasteiger partial charge in [-0.3, -0.25) is 0 Å². The quantitative estimate of drug-likeness (QED) is 0.674. The number of imidazole rings is 1. The van der Waals surface area contributed by atoms with Gasteiger partial charge in [0, 0.05) is 19.1 Å². The SMILES string of the molecule is CC(C)(C)OC(=O)NC1CCN(c2cc3[nH]c(=S)[nH]c3cc2Cl)CC1. The number of H-pyrrole nitrogens is 2. The molecule has 2 aromatic rings. The molecule has 1 aliphatic heterocycles. The van der Waals surface area contributed by atoms with Gasteiger partial charge >= 0.3 is 6.09 Å². The summed E-state index contributed by atoms with van der Waals surface area (Å²) in [5.41, 5.74) is 2.35. The lowest BCUT2D eigenvalue weighted by Gasteiger charge is -2.34. The summed E-state index contributed by atoms with van der Waals surface area (Å²) in [5.74, 6) is 0. The van der Waals surface area contributed by atoms with Gasteiger partial charge in [0.15, 0.2) is 4.77 Å². The van der Waals surface area contributed by atoms with Gasteiger partial charge in [-0.15, -0.1) is 0 Å². The number of ether oxygens (including phenoxy) is 1. The van der Waals surface area contributed by atoms with Crippen LogP contribution in [0.3, 0.4) is 0 Å².